The Labute approximate surface area is 123 Å². The summed E-state index contributed by atoms with van der Waals surface area (Å²) in [5.41, 5.74) is 8.74. The smallest absolute Gasteiger partial charge is 0.172 e. The highest BCUT2D eigenvalue weighted by Crippen LogP contribution is 2.23. The summed E-state index contributed by atoms with van der Waals surface area (Å²) in [6.07, 6.45) is 0. The third-order valence-electron chi connectivity index (χ3n) is 3.31. The lowest BCUT2D eigenvalue weighted by Crippen LogP contribution is -2.23. The summed E-state index contributed by atoms with van der Waals surface area (Å²) < 4.78 is 13.8. The largest absolute Gasteiger partial charge is 0.409 e. The van der Waals surface area contributed by atoms with Crippen molar-refractivity contribution in [1.82, 2.24) is 0 Å². The van der Waals surface area contributed by atoms with Gasteiger partial charge < -0.3 is 15.8 Å². The summed E-state index contributed by atoms with van der Waals surface area (Å²) in [4.78, 5) is 1.87. The summed E-state index contributed by atoms with van der Waals surface area (Å²) in [5, 5.41) is 11.9. The lowest BCUT2D eigenvalue weighted by Gasteiger charge is -2.23. The molecular formula is C16H18FN3O. The molecule has 2 aromatic carbocycles. The van der Waals surface area contributed by atoms with Crippen molar-refractivity contribution < 1.29 is 9.60 Å². The van der Waals surface area contributed by atoms with Crippen LogP contribution < -0.4 is 10.6 Å². The van der Waals surface area contributed by atoms with Gasteiger partial charge in [0, 0.05) is 30.4 Å². The summed E-state index contributed by atoms with van der Waals surface area (Å²) in [7, 11) is 1.84. The Morgan fingerprint density at radius 3 is 2.67 bits per heavy atom. The molecule has 0 bridgehead atoms. The van der Waals surface area contributed by atoms with E-state index in [4.69, 9.17) is 10.9 Å². The fourth-order valence-corrected chi connectivity index (χ4v) is 2.20. The molecule has 0 atom stereocenters. The topological polar surface area (TPSA) is 61.9 Å². The van der Waals surface area contributed by atoms with Crippen LogP contribution in [0.3, 0.4) is 0 Å². The first-order valence-corrected chi connectivity index (χ1v) is 6.56. The number of aryl methyl sites for hydroxylation is 1. The molecule has 0 aliphatic rings. The van der Waals surface area contributed by atoms with Crippen LogP contribution in [0.5, 0.6) is 0 Å². The molecule has 3 N–H and O–H groups in total. The van der Waals surface area contributed by atoms with Gasteiger partial charge in [-0.05, 0) is 30.7 Å². The molecule has 21 heavy (non-hydrogen) atoms. The third-order valence-corrected chi connectivity index (χ3v) is 3.31. The van der Waals surface area contributed by atoms with Crippen molar-refractivity contribution in [1.29, 1.82) is 0 Å². The lowest BCUT2D eigenvalue weighted by atomic mass is 10.1. The first-order chi connectivity index (χ1) is 10.0. The summed E-state index contributed by atoms with van der Waals surface area (Å²) >= 11 is 0. The Morgan fingerprint density at radius 2 is 2.00 bits per heavy atom. The minimum Gasteiger partial charge on any atom is -0.409 e. The zero-order chi connectivity index (χ0) is 15.4. The normalized spacial score (nSPS) is 11.5. The van der Waals surface area contributed by atoms with Gasteiger partial charge in [-0.25, -0.2) is 4.39 Å². The molecule has 0 radical (unpaired) electrons. The van der Waals surface area contributed by atoms with E-state index in [-0.39, 0.29) is 11.7 Å². The number of oxime groups is 1. The van der Waals surface area contributed by atoms with Crippen molar-refractivity contribution in [2.24, 2.45) is 10.9 Å². The number of nitrogens with two attached hydrogens (primary N) is 1. The van der Waals surface area contributed by atoms with E-state index in [1.54, 1.807) is 24.3 Å². The minimum atomic E-state index is -0.248. The summed E-state index contributed by atoms with van der Waals surface area (Å²) in [6, 6.07) is 12.2. The predicted octanol–water partition coefficient (Wildman–Crippen LogP) is 2.87. The average Bonchev–Trinajstić information content (AvgIpc) is 2.48. The molecule has 0 amide bonds. The zero-order valence-electron chi connectivity index (χ0n) is 12.0. The Hall–Kier alpha value is -2.56. The second-order valence-electron chi connectivity index (χ2n) is 4.95. The van der Waals surface area contributed by atoms with Crippen LogP contribution in [0.2, 0.25) is 0 Å². The Bertz CT molecular complexity index is 670. The lowest BCUT2D eigenvalue weighted by molar-refractivity contribution is 0.318. The number of halogens is 1. The van der Waals surface area contributed by atoms with Crippen LogP contribution in [0.25, 0.3) is 0 Å². The van der Waals surface area contributed by atoms with Crippen LogP contribution in [-0.4, -0.2) is 18.1 Å². The van der Waals surface area contributed by atoms with E-state index in [1.807, 2.05) is 31.0 Å². The van der Waals surface area contributed by atoms with E-state index in [1.165, 1.54) is 6.07 Å². The Kier molecular flexibility index (Phi) is 4.42. The van der Waals surface area contributed by atoms with E-state index < -0.39 is 0 Å². The Morgan fingerprint density at radius 1 is 1.29 bits per heavy atom. The van der Waals surface area contributed by atoms with Crippen molar-refractivity contribution in [3.63, 3.8) is 0 Å². The predicted molar refractivity (Wildman–Crippen MR) is 82.2 cm³/mol. The van der Waals surface area contributed by atoms with Gasteiger partial charge in [0.05, 0.1) is 0 Å². The maximum Gasteiger partial charge on any atom is 0.172 e. The van der Waals surface area contributed by atoms with Crippen molar-refractivity contribution in [3.8, 4) is 0 Å². The molecule has 0 fully saturated rings. The van der Waals surface area contributed by atoms with Gasteiger partial charge in [0.2, 0.25) is 0 Å². The van der Waals surface area contributed by atoms with E-state index in [9.17, 15) is 4.39 Å². The molecule has 0 saturated heterocycles. The second kappa shape index (κ2) is 6.26. The SMILES string of the molecule is Cc1ccc(C(N)=NO)c(N(C)Cc2ccccc2F)c1. The van der Waals surface area contributed by atoms with Gasteiger partial charge in [0.15, 0.2) is 5.84 Å². The quantitative estimate of drug-likeness (QED) is 0.393. The Balaban J connectivity index is 2.37. The fourth-order valence-electron chi connectivity index (χ4n) is 2.20. The average molecular weight is 287 g/mol. The molecule has 0 unspecified atom stereocenters. The number of amidine groups is 1. The molecule has 0 spiro atoms. The second-order valence-corrected chi connectivity index (χ2v) is 4.95. The number of hydrogen-bond acceptors (Lipinski definition) is 3. The summed E-state index contributed by atoms with van der Waals surface area (Å²) in [6.45, 7) is 2.35. The maximum absolute atomic E-state index is 13.8. The van der Waals surface area contributed by atoms with E-state index in [0.717, 1.165) is 11.3 Å². The molecule has 0 aliphatic heterocycles. The highest BCUT2D eigenvalue weighted by molar-refractivity contribution is 6.02. The monoisotopic (exact) mass is 287 g/mol. The van der Waals surface area contributed by atoms with Crippen molar-refractivity contribution in [3.05, 3.63) is 65.0 Å². The number of rotatable bonds is 4. The number of anilines is 1. The molecule has 5 heteroatoms. The first kappa shape index (κ1) is 14.8. The van der Waals surface area contributed by atoms with E-state index in [2.05, 4.69) is 5.16 Å². The molecule has 0 aromatic heterocycles. The van der Waals surface area contributed by atoms with Gasteiger partial charge in [-0.1, -0.05) is 29.4 Å². The van der Waals surface area contributed by atoms with E-state index >= 15 is 0 Å². The van der Waals surface area contributed by atoms with Gasteiger partial charge in [-0.2, -0.15) is 0 Å². The molecule has 0 aliphatic carbocycles. The van der Waals surface area contributed by atoms with Crippen molar-refractivity contribution in [2.75, 3.05) is 11.9 Å². The van der Waals surface area contributed by atoms with Crippen LogP contribution in [0.1, 0.15) is 16.7 Å². The molecule has 110 valence electrons. The molecule has 0 saturated carbocycles. The van der Waals surface area contributed by atoms with Crippen molar-refractivity contribution >= 4 is 11.5 Å². The highest BCUT2D eigenvalue weighted by Gasteiger charge is 2.13. The minimum absolute atomic E-state index is 0.0328. The van der Waals surface area contributed by atoms with Gasteiger partial charge in [-0.3, -0.25) is 0 Å². The molecule has 2 rings (SSSR count). The molecule has 4 nitrogen and oxygen atoms in total. The number of benzene rings is 2. The highest BCUT2D eigenvalue weighted by atomic mass is 19.1. The first-order valence-electron chi connectivity index (χ1n) is 6.56. The van der Waals surface area contributed by atoms with Gasteiger partial charge in [-0.15, -0.1) is 0 Å². The number of nitrogens with zero attached hydrogens (tertiary/aromatic N) is 2. The van der Waals surface area contributed by atoms with E-state index in [0.29, 0.717) is 17.7 Å². The maximum atomic E-state index is 13.8. The van der Waals surface area contributed by atoms with Crippen LogP contribution in [0, 0.1) is 12.7 Å². The molecule has 0 heterocycles. The van der Waals surface area contributed by atoms with Crippen molar-refractivity contribution in [2.45, 2.75) is 13.5 Å². The van der Waals surface area contributed by atoms with Crippen LogP contribution in [0.15, 0.2) is 47.6 Å². The third kappa shape index (κ3) is 3.31. The standard InChI is InChI=1S/C16H18FN3O/c1-11-7-8-13(16(18)19-21)15(9-11)20(2)10-12-5-3-4-6-14(12)17/h3-9,21H,10H2,1-2H3,(H2,18,19). The summed E-state index contributed by atoms with van der Waals surface area (Å²) in [5.74, 6) is -0.215. The van der Waals surface area contributed by atoms with Crippen LogP contribution in [0.4, 0.5) is 10.1 Å². The zero-order valence-corrected chi connectivity index (χ0v) is 12.0. The van der Waals surface area contributed by atoms with Crippen LogP contribution >= 0.6 is 0 Å². The number of hydrogen-bond donors (Lipinski definition) is 2. The van der Waals surface area contributed by atoms with Gasteiger partial charge in [0.1, 0.15) is 5.82 Å². The van der Waals surface area contributed by atoms with Gasteiger partial charge in [0.25, 0.3) is 0 Å². The van der Waals surface area contributed by atoms with Gasteiger partial charge >= 0.3 is 0 Å². The molecular weight excluding hydrogens is 269 g/mol. The molecule has 2 aromatic rings. The van der Waals surface area contributed by atoms with Crippen LogP contribution in [-0.2, 0) is 6.54 Å². The fraction of sp³-hybridized carbons (Fsp3) is 0.188.